The first kappa shape index (κ1) is 13.1. The summed E-state index contributed by atoms with van der Waals surface area (Å²) in [5.74, 6) is -1.56. The van der Waals surface area contributed by atoms with Gasteiger partial charge in [0.25, 0.3) is 5.91 Å². The van der Waals surface area contributed by atoms with Gasteiger partial charge in [0, 0.05) is 29.8 Å². The number of rotatable bonds is 5. The minimum Gasteiger partial charge on any atom is -0.480 e. The molecule has 3 N–H and O–H groups in total. The number of fused-ring (bicyclic) bond motifs is 1. The van der Waals surface area contributed by atoms with E-state index in [9.17, 15) is 9.59 Å². The number of ether oxygens (including phenoxy) is 1. The number of carboxylic acids is 1. The van der Waals surface area contributed by atoms with Crippen molar-refractivity contribution in [3.8, 4) is 0 Å². The molecule has 1 amide bonds. The number of carbonyl (C=O) groups is 2. The van der Waals surface area contributed by atoms with Crippen molar-refractivity contribution >= 4 is 22.8 Å². The molecule has 2 aromatic rings. The quantitative estimate of drug-likeness (QED) is 0.749. The van der Waals surface area contributed by atoms with E-state index in [1.807, 2.05) is 6.07 Å². The van der Waals surface area contributed by atoms with Crippen molar-refractivity contribution in [2.45, 2.75) is 6.04 Å². The van der Waals surface area contributed by atoms with Crippen molar-refractivity contribution in [1.82, 2.24) is 10.3 Å². The average molecular weight is 262 g/mol. The highest BCUT2D eigenvalue weighted by atomic mass is 16.5. The molecule has 6 nitrogen and oxygen atoms in total. The highest BCUT2D eigenvalue weighted by Crippen LogP contribution is 2.14. The van der Waals surface area contributed by atoms with Gasteiger partial charge in [0.2, 0.25) is 0 Å². The van der Waals surface area contributed by atoms with Gasteiger partial charge in [-0.25, -0.2) is 4.79 Å². The van der Waals surface area contributed by atoms with Gasteiger partial charge in [-0.1, -0.05) is 0 Å². The highest BCUT2D eigenvalue weighted by Gasteiger charge is 2.20. The summed E-state index contributed by atoms with van der Waals surface area (Å²) < 4.78 is 4.76. The lowest BCUT2D eigenvalue weighted by molar-refractivity contribution is -0.140. The number of aromatic amines is 1. The second-order valence-electron chi connectivity index (χ2n) is 4.10. The Balaban J connectivity index is 2.16. The summed E-state index contributed by atoms with van der Waals surface area (Å²) in [6.45, 7) is -0.0759. The Labute approximate surface area is 109 Å². The number of benzene rings is 1. The van der Waals surface area contributed by atoms with Gasteiger partial charge in [-0.05, 0) is 24.3 Å². The molecule has 0 aliphatic carbocycles. The Bertz CT molecular complexity index is 605. The Kier molecular flexibility index (Phi) is 3.82. The molecule has 19 heavy (non-hydrogen) atoms. The maximum Gasteiger partial charge on any atom is 0.328 e. The summed E-state index contributed by atoms with van der Waals surface area (Å²) in [7, 11) is 1.38. The number of carboxylic acid groups (broad SMARTS) is 1. The predicted molar refractivity (Wildman–Crippen MR) is 69.1 cm³/mol. The van der Waals surface area contributed by atoms with Gasteiger partial charge in [0.15, 0.2) is 6.04 Å². The SMILES string of the molecule is COCC(NC(=O)c1ccc2[nH]ccc2c1)C(=O)O. The largest absolute Gasteiger partial charge is 0.480 e. The fourth-order valence-corrected chi connectivity index (χ4v) is 1.78. The normalized spacial score (nSPS) is 12.3. The Hall–Kier alpha value is -2.34. The zero-order chi connectivity index (χ0) is 13.8. The number of amides is 1. The highest BCUT2D eigenvalue weighted by molar-refractivity contribution is 5.99. The van der Waals surface area contributed by atoms with Crippen LogP contribution in [-0.2, 0) is 9.53 Å². The number of aromatic nitrogens is 1. The number of methoxy groups -OCH3 is 1. The van der Waals surface area contributed by atoms with Crippen molar-refractivity contribution in [2.24, 2.45) is 0 Å². The third-order valence-electron chi connectivity index (χ3n) is 2.75. The zero-order valence-corrected chi connectivity index (χ0v) is 10.3. The number of aliphatic carboxylic acids is 1. The molecule has 100 valence electrons. The molecule has 0 radical (unpaired) electrons. The van der Waals surface area contributed by atoms with Crippen LogP contribution < -0.4 is 5.32 Å². The molecular formula is C13H14N2O4. The van der Waals surface area contributed by atoms with Gasteiger partial charge in [-0.3, -0.25) is 4.79 Å². The van der Waals surface area contributed by atoms with Gasteiger partial charge < -0.3 is 20.1 Å². The summed E-state index contributed by atoms with van der Waals surface area (Å²) in [4.78, 5) is 25.9. The number of nitrogens with one attached hydrogen (secondary N) is 2. The number of hydrogen-bond acceptors (Lipinski definition) is 3. The lowest BCUT2D eigenvalue weighted by atomic mass is 10.1. The standard InChI is InChI=1S/C13H14N2O4/c1-19-7-11(13(17)18)15-12(16)9-2-3-10-8(6-9)4-5-14-10/h2-6,11,14H,7H2,1H3,(H,15,16)(H,17,18). The lowest BCUT2D eigenvalue weighted by Crippen LogP contribution is -2.43. The van der Waals surface area contributed by atoms with Crippen molar-refractivity contribution in [1.29, 1.82) is 0 Å². The Morgan fingerprint density at radius 2 is 2.21 bits per heavy atom. The first-order valence-electron chi connectivity index (χ1n) is 5.71. The fourth-order valence-electron chi connectivity index (χ4n) is 1.78. The van der Waals surface area contributed by atoms with Crippen molar-refractivity contribution in [3.63, 3.8) is 0 Å². The molecular weight excluding hydrogens is 248 g/mol. The summed E-state index contributed by atoms with van der Waals surface area (Å²) >= 11 is 0. The minimum atomic E-state index is -1.13. The second kappa shape index (κ2) is 5.53. The monoisotopic (exact) mass is 262 g/mol. The summed E-state index contributed by atoms with van der Waals surface area (Å²) in [6.07, 6.45) is 1.78. The molecule has 2 rings (SSSR count). The maximum atomic E-state index is 12.0. The van der Waals surface area contributed by atoms with E-state index in [1.54, 1.807) is 24.4 Å². The van der Waals surface area contributed by atoms with E-state index in [4.69, 9.17) is 9.84 Å². The van der Waals surface area contributed by atoms with Crippen molar-refractivity contribution < 1.29 is 19.4 Å². The van der Waals surface area contributed by atoms with Crippen molar-refractivity contribution in [3.05, 3.63) is 36.0 Å². The Morgan fingerprint density at radius 1 is 1.42 bits per heavy atom. The molecule has 0 aliphatic rings. The van der Waals surface area contributed by atoms with Gasteiger partial charge in [0.1, 0.15) is 0 Å². The molecule has 0 saturated heterocycles. The molecule has 1 heterocycles. The van der Waals surface area contributed by atoms with E-state index in [0.29, 0.717) is 5.56 Å². The van der Waals surface area contributed by atoms with Crippen LogP contribution in [0.1, 0.15) is 10.4 Å². The summed E-state index contributed by atoms with van der Waals surface area (Å²) in [6, 6.07) is 5.90. The molecule has 1 unspecified atom stereocenters. The third kappa shape index (κ3) is 2.92. The number of hydrogen-bond donors (Lipinski definition) is 3. The first-order chi connectivity index (χ1) is 9.11. The molecule has 0 aliphatic heterocycles. The van der Waals surface area contributed by atoms with Crippen molar-refractivity contribution in [2.75, 3.05) is 13.7 Å². The second-order valence-corrected chi connectivity index (χ2v) is 4.10. The van der Waals surface area contributed by atoms with E-state index in [2.05, 4.69) is 10.3 Å². The molecule has 1 atom stereocenters. The molecule has 0 saturated carbocycles. The number of carbonyl (C=O) groups excluding carboxylic acids is 1. The summed E-state index contributed by atoms with van der Waals surface area (Å²) in [5, 5.41) is 12.3. The van der Waals surface area contributed by atoms with Gasteiger partial charge in [-0.15, -0.1) is 0 Å². The van der Waals surface area contributed by atoms with Crippen LogP contribution in [-0.4, -0.2) is 41.7 Å². The molecule has 0 fully saturated rings. The lowest BCUT2D eigenvalue weighted by Gasteiger charge is -2.13. The van der Waals surface area contributed by atoms with Crippen LogP contribution in [0.25, 0.3) is 10.9 Å². The molecule has 6 heteroatoms. The molecule has 1 aromatic carbocycles. The van der Waals surface area contributed by atoms with Crippen LogP contribution in [0.3, 0.4) is 0 Å². The smallest absolute Gasteiger partial charge is 0.328 e. The average Bonchev–Trinajstić information content (AvgIpc) is 2.85. The molecule has 1 aromatic heterocycles. The topological polar surface area (TPSA) is 91.4 Å². The number of H-pyrrole nitrogens is 1. The van der Waals surface area contributed by atoms with Gasteiger partial charge in [-0.2, -0.15) is 0 Å². The predicted octanol–water partition coefficient (Wildman–Crippen LogP) is 0.997. The van der Waals surface area contributed by atoms with E-state index < -0.39 is 17.9 Å². The minimum absolute atomic E-state index is 0.0759. The van der Waals surface area contributed by atoms with Crippen LogP contribution in [0.15, 0.2) is 30.5 Å². The molecule has 0 bridgehead atoms. The van der Waals surface area contributed by atoms with E-state index in [-0.39, 0.29) is 6.61 Å². The van der Waals surface area contributed by atoms with Crippen LogP contribution in [0.2, 0.25) is 0 Å². The Morgan fingerprint density at radius 3 is 2.89 bits per heavy atom. The van der Waals surface area contributed by atoms with Crippen LogP contribution in [0.4, 0.5) is 0 Å². The maximum absolute atomic E-state index is 12.0. The third-order valence-corrected chi connectivity index (χ3v) is 2.75. The fraction of sp³-hybridized carbons (Fsp3) is 0.231. The van der Waals surface area contributed by atoms with Crippen LogP contribution >= 0.6 is 0 Å². The van der Waals surface area contributed by atoms with Crippen LogP contribution in [0, 0.1) is 0 Å². The zero-order valence-electron chi connectivity index (χ0n) is 10.3. The van der Waals surface area contributed by atoms with E-state index >= 15 is 0 Å². The van der Waals surface area contributed by atoms with Gasteiger partial charge >= 0.3 is 5.97 Å². The van der Waals surface area contributed by atoms with Crippen LogP contribution in [0.5, 0.6) is 0 Å². The van der Waals surface area contributed by atoms with E-state index in [0.717, 1.165) is 10.9 Å². The van der Waals surface area contributed by atoms with Gasteiger partial charge in [0.05, 0.1) is 6.61 Å². The molecule has 0 spiro atoms. The van der Waals surface area contributed by atoms with E-state index in [1.165, 1.54) is 7.11 Å². The summed E-state index contributed by atoms with van der Waals surface area (Å²) in [5.41, 5.74) is 1.33. The first-order valence-corrected chi connectivity index (χ1v) is 5.71.